The first-order valence-corrected chi connectivity index (χ1v) is 5.56. The number of nitrogens with two attached hydrogens (primary N) is 1. The van der Waals surface area contributed by atoms with Gasteiger partial charge in [-0.15, -0.1) is 11.8 Å². The zero-order valence-electron chi connectivity index (χ0n) is 8.56. The molecule has 14 heavy (non-hydrogen) atoms. The largest absolute Gasteiger partial charge is 0.384 e. The molecule has 0 radical (unpaired) electrons. The van der Waals surface area contributed by atoms with Crippen LogP contribution in [-0.2, 0) is 4.74 Å². The van der Waals surface area contributed by atoms with Crippen molar-refractivity contribution in [1.29, 1.82) is 0 Å². The Hall–Kier alpha value is -0.580. The topological polar surface area (TPSA) is 48.1 Å². The van der Waals surface area contributed by atoms with Gasteiger partial charge in [0, 0.05) is 25.1 Å². The number of methoxy groups -OCH3 is 1. The summed E-state index contributed by atoms with van der Waals surface area (Å²) in [5.74, 6) is 0.932. The van der Waals surface area contributed by atoms with Gasteiger partial charge >= 0.3 is 0 Å². The average molecular weight is 212 g/mol. The molecule has 0 aliphatic rings. The number of aromatic nitrogens is 1. The van der Waals surface area contributed by atoms with Crippen molar-refractivity contribution >= 4 is 11.8 Å². The van der Waals surface area contributed by atoms with Gasteiger partial charge in [-0.3, -0.25) is 0 Å². The van der Waals surface area contributed by atoms with E-state index < -0.39 is 0 Å². The molecule has 0 saturated carbocycles. The molecule has 0 amide bonds. The van der Waals surface area contributed by atoms with Gasteiger partial charge in [0.25, 0.3) is 0 Å². The van der Waals surface area contributed by atoms with Crippen molar-refractivity contribution in [2.24, 2.45) is 5.73 Å². The number of hydrogen-bond donors (Lipinski definition) is 1. The van der Waals surface area contributed by atoms with E-state index in [1.54, 1.807) is 18.9 Å². The molecule has 1 aromatic rings. The minimum atomic E-state index is 0.0560. The van der Waals surface area contributed by atoms with Crippen LogP contribution >= 0.6 is 11.8 Å². The van der Waals surface area contributed by atoms with Gasteiger partial charge in [0.15, 0.2) is 0 Å². The molecule has 1 rings (SSSR count). The Bertz CT molecular complexity index is 261. The summed E-state index contributed by atoms with van der Waals surface area (Å²) in [5.41, 5.74) is 6.79. The molecule has 4 heteroatoms. The first-order valence-electron chi connectivity index (χ1n) is 4.57. The van der Waals surface area contributed by atoms with E-state index in [9.17, 15) is 0 Å². The molecule has 0 fully saturated rings. The fourth-order valence-electron chi connectivity index (χ4n) is 0.976. The molecule has 0 spiro atoms. The maximum absolute atomic E-state index is 5.72. The Morgan fingerprint density at radius 3 is 2.86 bits per heavy atom. The van der Waals surface area contributed by atoms with E-state index in [1.165, 1.54) is 0 Å². The lowest BCUT2D eigenvalue weighted by atomic mass is 10.2. The van der Waals surface area contributed by atoms with Gasteiger partial charge in [-0.25, -0.2) is 4.98 Å². The first kappa shape index (κ1) is 11.5. The predicted molar refractivity (Wildman–Crippen MR) is 59.4 cm³/mol. The maximum Gasteiger partial charge on any atom is 0.0960 e. The van der Waals surface area contributed by atoms with Gasteiger partial charge in [-0.2, -0.15) is 0 Å². The number of ether oxygens (including phenoxy) is 1. The van der Waals surface area contributed by atoms with Gasteiger partial charge < -0.3 is 10.5 Å². The fraction of sp³-hybridized carbons (Fsp3) is 0.500. The average Bonchev–Trinajstić information content (AvgIpc) is 2.19. The lowest BCUT2D eigenvalue weighted by molar-refractivity contribution is 0.218. The van der Waals surface area contributed by atoms with Crippen molar-refractivity contribution < 1.29 is 4.74 Å². The molecular weight excluding hydrogens is 196 g/mol. The summed E-state index contributed by atoms with van der Waals surface area (Å²) < 4.78 is 4.96. The molecule has 0 aliphatic carbocycles. The van der Waals surface area contributed by atoms with Crippen LogP contribution in [0.4, 0.5) is 0 Å². The van der Waals surface area contributed by atoms with Crippen molar-refractivity contribution in [2.75, 3.05) is 19.5 Å². The SMILES string of the molecule is COCCSc1ccc(C(C)N)cn1. The summed E-state index contributed by atoms with van der Waals surface area (Å²) in [6.45, 7) is 2.70. The van der Waals surface area contributed by atoms with Crippen molar-refractivity contribution in [2.45, 2.75) is 18.0 Å². The predicted octanol–water partition coefficient (Wildman–Crippen LogP) is 1.84. The van der Waals surface area contributed by atoms with Crippen LogP contribution in [0.25, 0.3) is 0 Å². The van der Waals surface area contributed by atoms with Gasteiger partial charge in [0.05, 0.1) is 11.6 Å². The van der Waals surface area contributed by atoms with E-state index in [1.807, 2.05) is 25.3 Å². The van der Waals surface area contributed by atoms with Gasteiger partial charge in [-0.05, 0) is 18.6 Å². The maximum atomic E-state index is 5.72. The zero-order chi connectivity index (χ0) is 10.4. The minimum absolute atomic E-state index is 0.0560. The number of nitrogens with zero attached hydrogens (tertiary/aromatic N) is 1. The van der Waals surface area contributed by atoms with Crippen molar-refractivity contribution in [3.8, 4) is 0 Å². The van der Waals surface area contributed by atoms with Crippen LogP contribution in [-0.4, -0.2) is 24.5 Å². The number of pyridine rings is 1. The third kappa shape index (κ3) is 3.65. The third-order valence-corrected chi connectivity index (χ3v) is 2.73. The van der Waals surface area contributed by atoms with Crippen LogP contribution in [0, 0.1) is 0 Å². The molecule has 0 bridgehead atoms. The second-order valence-electron chi connectivity index (χ2n) is 3.06. The van der Waals surface area contributed by atoms with Crippen LogP contribution in [0.15, 0.2) is 23.4 Å². The Kier molecular flexibility index (Phi) is 4.93. The molecular formula is C10H16N2OS. The smallest absolute Gasteiger partial charge is 0.0960 e. The lowest BCUT2D eigenvalue weighted by Gasteiger charge is -2.05. The first-order chi connectivity index (χ1) is 6.74. The summed E-state index contributed by atoms with van der Waals surface area (Å²) in [6.07, 6.45) is 1.83. The molecule has 0 aliphatic heterocycles. The van der Waals surface area contributed by atoms with Crippen molar-refractivity contribution in [3.63, 3.8) is 0 Å². The van der Waals surface area contributed by atoms with E-state index in [0.29, 0.717) is 0 Å². The summed E-state index contributed by atoms with van der Waals surface area (Å²) >= 11 is 1.69. The van der Waals surface area contributed by atoms with E-state index in [2.05, 4.69) is 4.98 Å². The molecule has 0 aromatic carbocycles. The van der Waals surface area contributed by atoms with Gasteiger partial charge in [0.2, 0.25) is 0 Å². The zero-order valence-corrected chi connectivity index (χ0v) is 9.38. The Morgan fingerprint density at radius 2 is 2.36 bits per heavy atom. The van der Waals surface area contributed by atoms with Gasteiger partial charge in [-0.1, -0.05) is 6.07 Å². The molecule has 1 heterocycles. The van der Waals surface area contributed by atoms with Gasteiger partial charge in [0.1, 0.15) is 0 Å². The molecule has 2 N–H and O–H groups in total. The Morgan fingerprint density at radius 1 is 1.57 bits per heavy atom. The highest BCUT2D eigenvalue weighted by Gasteiger charge is 2.00. The second-order valence-corrected chi connectivity index (χ2v) is 4.17. The normalized spacial score (nSPS) is 12.8. The molecule has 1 atom stereocenters. The van der Waals surface area contributed by atoms with E-state index in [4.69, 9.17) is 10.5 Å². The molecule has 1 aromatic heterocycles. The fourth-order valence-corrected chi connectivity index (χ4v) is 1.73. The quantitative estimate of drug-likeness (QED) is 0.597. The molecule has 0 saturated heterocycles. The third-order valence-electron chi connectivity index (χ3n) is 1.82. The van der Waals surface area contributed by atoms with Crippen LogP contribution in [0.3, 0.4) is 0 Å². The number of rotatable bonds is 5. The minimum Gasteiger partial charge on any atom is -0.384 e. The molecule has 3 nitrogen and oxygen atoms in total. The summed E-state index contributed by atoms with van der Waals surface area (Å²) in [6, 6.07) is 4.08. The summed E-state index contributed by atoms with van der Waals surface area (Å²) in [7, 11) is 1.70. The lowest BCUT2D eigenvalue weighted by Crippen LogP contribution is -2.05. The number of hydrogen-bond acceptors (Lipinski definition) is 4. The number of thioether (sulfide) groups is 1. The van der Waals surface area contributed by atoms with Crippen LogP contribution in [0.2, 0.25) is 0 Å². The molecule has 78 valence electrons. The van der Waals surface area contributed by atoms with E-state index in [-0.39, 0.29) is 6.04 Å². The van der Waals surface area contributed by atoms with Crippen LogP contribution in [0.5, 0.6) is 0 Å². The van der Waals surface area contributed by atoms with E-state index in [0.717, 1.165) is 22.9 Å². The highest BCUT2D eigenvalue weighted by Crippen LogP contribution is 2.16. The second kappa shape index (κ2) is 6.01. The summed E-state index contributed by atoms with van der Waals surface area (Å²) in [5, 5.41) is 1.02. The molecule has 1 unspecified atom stereocenters. The van der Waals surface area contributed by atoms with Crippen molar-refractivity contribution in [1.82, 2.24) is 4.98 Å². The van der Waals surface area contributed by atoms with E-state index >= 15 is 0 Å². The monoisotopic (exact) mass is 212 g/mol. The van der Waals surface area contributed by atoms with Crippen LogP contribution in [0.1, 0.15) is 18.5 Å². The standard InChI is InChI=1S/C10H16N2OS/c1-8(11)9-3-4-10(12-7-9)14-6-5-13-2/h3-4,7-8H,5-6,11H2,1-2H3. The van der Waals surface area contributed by atoms with Crippen molar-refractivity contribution in [3.05, 3.63) is 23.9 Å². The Labute approximate surface area is 89.1 Å². The highest BCUT2D eigenvalue weighted by molar-refractivity contribution is 7.99. The Balaban J connectivity index is 2.47. The summed E-state index contributed by atoms with van der Waals surface area (Å²) in [4.78, 5) is 4.30. The van der Waals surface area contributed by atoms with Crippen LogP contribution < -0.4 is 5.73 Å². The highest BCUT2D eigenvalue weighted by atomic mass is 32.2.